The van der Waals surface area contributed by atoms with Gasteiger partial charge in [0.05, 0.1) is 0 Å². The maximum Gasteiger partial charge on any atom is 0.0449 e. The molecule has 118 valence electrons. The van der Waals surface area contributed by atoms with Crippen LogP contribution in [0.4, 0.5) is 0 Å². The average molecular weight is 288 g/mol. The number of hydrogen-bond acceptors (Lipinski definition) is 2. The summed E-state index contributed by atoms with van der Waals surface area (Å²) in [5.74, 6) is 0.728. The lowest BCUT2D eigenvalue weighted by atomic mass is 9.99. The van der Waals surface area contributed by atoms with Crippen molar-refractivity contribution in [2.45, 2.75) is 59.0 Å². The summed E-state index contributed by atoms with van der Waals surface area (Å²) in [7, 11) is 0. The summed E-state index contributed by atoms with van der Waals surface area (Å²) < 4.78 is 0. The normalized spacial score (nSPS) is 21.1. The average Bonchev–Trinajstić information content (AvgIpc) is 2.84. The van der Waals surface area contributed by atoms with Gasteiger partial charge in [0.1, 0.15) is 0 Å². The fourth-order valence-corrected chi connectivity index (χ4v) is 3.39. The SMILES string of the molecule is CCNC(CN1CCCC1C)c1ccc(CC(C)C)cc1. The van der Waals surface area contributed by atoms with Crippen LogP contribution < -0.4 is 5.32 Å². The van der Waals surface area contributed by atoms with E-state index in [4.69, 9.17) is 0 Å². The van der Waals surface area contributed by atoms with E-state index in [0.29, 0.717) is 6.04 Å². The van der Waals surface area contributed by atoms with Crippen LogP contribution >= 0.6 is 0 Å². The van der Waals surface area contributed by atoms with Gasteiger partial charge in [0.25, 0.3) is 0 Å². The number of nitrogens with one attached hydrogen (secondary N) is 1. The first-order valence-corrected chi connectivity index (χ1v) is 8.66. The van der Waals surface area contributed by atoms with E-state index in [1.165, 1.54) is 36.9 Å². The summed E-state index contributed by atoms with van der Waals surface area (Å²) in [5.41, 5.74) is 2.89. The highest BCUT2D eigenvalue weighted by atomic mass is 15.2. The summed E-state index contributed by atoms with van der Waals surface area (Å²) in [5, 5.41) is 3.66. The molecule has 0 aliphatic carbocycles. The molecule has 2 unspecified atom stereocenters. The largest absolute Gasteiger partial charge is 0.309 e. The molecule has 1 saturated heterocycles. The van der Waals surface area contributed by atoms with Crippen LogP contribution in [0.3, 0.4) is 0 Å². The standard InChI is InChI=1S/C19H32N2/c1-5-20-19(14-21-12-6-7-16(21)4)18-10-8-17(9-11-18)13-15(2)3/h8-11,15-16,19-20H,5-7,12-14H2,1-4H3. The smallest absolute Gasteiger partial charge is 0.0449 e. The topological polar surface area (TPSA) is 15.3 Å². The van der Waals surface area contributed by atoms with E-state index >= 15 is 0 Å². The molecule has 0 saturated carbocycles. The van der Waals surface area contributed by atoms with E-state index in [9.17, 15) is 0 Å². The molecule has 2 rings (SSSR count). The molecule has 0 amide bonds. The van der Waals surface area contributed by atoms with E-state index in [1.807, 2.05) is 0 Å². The van der Waals surface area contributed by atoms with Crippen molar-refractivity contribution in [2.75, 3.05) is 19.6 Å². The van der Waals surface area contributed by atoms with E-state index in [0.717, 1.165) is 25.0 Å². The van der Waals surface area contributed by atoms with Crippen LogP contribution in [0, 0.1) is 5.92 Å². The minimum Gasteiger partial charge on any atom is -0.309 e. The molecule has 0 bridgehead atoms. The molecule has 1 aromatic carbocycles. The second-order valence-corrected chi connectivity index (χ2v) is 6.94. The van der Waals surface area contributed by atoms with Gasteiger partial charge in [-0.2, -0.15) is 0 Å². The Morgan fingerprint density at radius 1 is 1.24 bits per heavy atom. The third-order valence-corrected chi connectivity index (χ3v) is 4.58. The van der Waals surface area contributed by atoms with E-state index < -0.39 is 0 Å². The zero-order valence-corrected chi connectivity index (χ0v) is 14.2. The molecular weight excluding hydrogens is 256 g/mol. The predicted molar refractivity (Wildman–Crippen MR) is 91.7 cm³/mol. The second-order valence-electron chi connectivity index (χ2n) is 6.94. The third-order valence-electron chi connectivity index (χ3n) is 4.58. The van der Waals surface area contributed by atoms with Crippen LogP contribution in [0.25, 0.3) is 0 Å². The van der Waals surface area contributed by atoms with Crippen molar-refractivity contribution >= 4 is 0 Å². The van der Waals surface area contributed by atoms with E-state index in [1.54, 1.807) is 0 Å². The van der Waals surface area contributed by atoms with E-state index in [-0.39, 0.29) is 0 Å². The first-order chi connectivity index (χ1) is 10.1. The van der Waals surface area contributed by atoms with Gasteiger partial charge in [-0.15, -0.1) is 0 Å². The van der Waals surface area contributed by atoms with Crippen LogP contribution in [0.15, 0.2) is 24.3 Å². The Morgan fingerprint density at radius 3 is 2.48 bits per heavy atom. The number of hydrogen-bond donors (Lipinski definition) is 1. The van der Waals surface area contributed by atoms with Gasteiger partial charge in [0.2, 0.25) is 0 Å². The second kappa shape index (κ2) is 7.95. The Labute approximate surface area is 130 Å². The van der Waals surface area contributed by atoms with Gasteiger partial charge >= 0.3 is 0 Å². The Balaban J connectivity index is 2.03. The van der Waals surface area contributed by atoms with Gasteiger partial charge in [-0.1, -0.05) is 45.0 Å². The maximum atomic E-state index is 3.66. The highest BCUT2D eigenvalue weighted by molar-refractivity contribution is 5.25. The lowest BCUT2D eigenvalue weighted by molar-refractivity contribution is 0.238. The molecule has 1 aliphatic rings. The molecule has 0 radical (unpaired) electrons. The Bertz CT molecular complexity index is 410. The Morgan fingerprint density at radius 2 is 1.95 bits per heavy atom. The molecular formula is C19H32N2. The Hall–Kier alpha value is -0.860. The van der Waals surface area contributed by atoms with Gasteiger partial charge in [0.15, 0.2) is 0 Å². The Kier molecular flexibility index (Phi) is 6.25. The monoisotopic (exact) mass is 288 g/mol. The molecule has 2 heteroatoms. The van der Waals surface area contributed by atoms with Crippen molar-refractivity contribution in [3.8, 4) is 0 Å². The molecule has 1 fully saturated rings. The molecule has 0 aromatic heterocycles. The molecule has 1 N–H and O–H groups in total. The molecule has 1 heterocycles. The predicted octanol–water partition coefficient (Wildman–Crippen LogP) is 4.02. The maximum absolute atomic E-state index is 3.66. The number of rotatable bonds is 7. The summed E-state index contributed by atoms with van der Waals surface area (Å²) in [6, 6.07) is 10.5. The number of nitrogens with zero attached hydrogens (tertiary/aromatic N) is 1. The van der Waals surface area contributed by atoms with Crippen molar-refractivity contribution in [3.63, 3.8) is 0 Å². The van der Waals surface area contributed by atoms with Crippen molar-refractivity contribution < 1.29 is 0 Å². The first-order valence-electron chi connectivity index (χ1n) is 8.66. The molecule has 0 spiro atoms. The minimum atomic E-state index is 0.462. The lowest BCUT2D eigenvalue weighted by Crippen LogP contribution is -2.37. The summed E-state index contributed by atoms with van der Waals surface area (Å²) in [6.07, 6.45) is 3.88. The number of likely N-dealkylation sites (tertiary alicyclic amines) is 1. The van der Waals surface area contributed by atoms with Gasteiger partial charge in [-0.05, 0) is 56.3 Å². The zero-order valence-electron chi connectivity index (χ0n) is 14.2. The molecule has 2 atom stereocenters. The van der Waals surface area contributed by atoms with Crippen molar-refractivity contribution in [2.24, 2.45) is 5.92 Å². The van der Waals surface area contributed by atoms with Crippen LogP contribution in [0.1, 0.15) is 57.7 Å². The minimum absolute atomic E-state index is 0.462. The molecule has 21 heavy (non-hydrogen) atoms. The number of likely N-dealkylation sites (N-methyl/N-ethyl adjacent to an activating group) is 1. The van der Waals surface area contributed by atoms with Gasteiger partial charge in [-0.3, -0.25) is 4.90 Å². The van der Waals surface area contributed by atoms with Crippen LogP contribution in [-0.2, 0) is 6.42 Å². The lowest BCUT2D eigenvalue weighted by Gasteiger charge is -2.28. The van der Waals surface area contributed by atoms with E-state index in [2.05, 4.69) is 62.2 Å². The number of benzene rings is 1. The summed E-state index contributed by atoms with van der Waals surface area (Å²) in [6.45, 7) is 12.6. The zero-order chi connectivity index (χ0) is 15.2. The summed E-state index contributed by atoms with van der Waals surface area (Å²) >= 11 is 0. The van der Waals surface area contributed by atoms with Gasteiger partial charge in [-0.25, -0.2) is 0 Å². The van der Waals surface area contributed by atoms with Crippen molar-refractivity contribution in [1.29, 1.82) is 0 Å². The van der Waals surface area contributed by atoms with Crippen LogP contribution in [-0.4, -0.2) is 30.6 Å². The van der Waals surface area contributed by atoms with Gasteiger partial charge < -0.3 is 5.32 Å². The fourth-order valence-electron chi connectivity index (χ4n) is 3.39. The van der Waals surface area contributed by atoms with Crippen molar-refractivity contribution in [1.82, 2.24) is 10.2 Å². The highest BCUT2D eigenvalue weighted by Crippen LogP contribution is 2.22. The first kappa shape index (κ1) is 16.5. The van der Waals surface area contributed by atoms with Crippen molar-refractivity contribution in [3.05, 3.63) is 35.4 Å². The third kappa shape index (κ3) is 4.82. The molecule has 1 aromatic rings. The molecule has 1 aliphatic heterocycles. The molecule has 2 nitrogen and oxygen atoms in total. The van der Waals surface area contributed by atoms with Crippen LogP contribution in [0.2, 0.25) is 0 Å². The fraction of sp³-hybridized carbons (Fsp3) is 0.684. The highest BCUT2D eigenvalue weighted by Gasteiger charge is 2.23. The van der Waals surface area contributed by atoms with Crippen LogP contribution in [0.5, 0.6) is 0 Å². The quantitative estimate of drug-likeness (QED) is 0.815. The van der Waals surface area contributed by atoms with Gasteiger partial charge in [0, 0.05) is 18.6 Å². The summed E-state index contributed by atoms with van der Waals surface area (Å²) in [4.78, 5) is 2.63.